The summed E-state index contributed by atoms with van der Waals surface area (Å²) in [5.41, 5.74) is 6.02. The molecule has 0 fully saturated rings. The number of nitrogens with zero attached hydrogens (tertiary/aromatic N) is 3. The van der Waals surface area contributed by atoms with Crippen LogP contribution in [0.1, 0.15) is 27.8 Å². The summed E-state index contributed by atoms with van der Waals surface area (Å²) in [6.45, 7) is 1.67. The first-order valence-electron chi connectivity index (χ1n) is 11.5. The van der Waals surface area contributed by atoms with Crippen LogP contribution < -0.4 is 0 Å². The molecule has 1 aliphatic heterocycles. The number of hydrogen-bond donors (Lipinski definition) is 0. The Labute approximate surface area is 204 Å². The van der Waals surface area contributed by atoms with E-state index in [0.29, 0.717) is 5.15 Å². The molecule has 0 saturated heterocycles. The second kappa shape index (κ2) is 8.60. The third-order valence-corrected chi connectivity index (χ3v) is 6.95. The highest BCUT2D eigenvalue weighted by Gasteiger charge is 2.44. The molecule has 4 heteroatoms. The van der Waals surface area contributed by atoms with E-state index in [1.54, 1.807) is 6.07 Å². The summed E-state index contributed by atoms with van der Waals surface area (Å²) in [6, 6.07) is 38.3. The van der Waals surface area contributed by atoms with E-state index in [-0.39, 0.29) is 0 Å². The van der Waals surface area contributed by atoms with Crippen molar-refractivity contribution in [1.82, 2.24) is 14.5 Å². The average Bonchev–Trinajstić information content (AvgIpc) is 3.47. The molecular formula is C30H24ClN3. The van der Waals surface area contributed by atoms with Gasteiger partial charge in [0.05, 0.1) is 5.54 Å². The molecule has 0 aliphatic carbocycles. The van der Waals surface area contributed by atoms with E-state index in [1.165, 1.54) is 27.8 Å². The second-order valence-corrected chi connectivity index (χ2v) is 9.09. The molecule has 3 heterocycles. The van der Waals surface area contributed by atoms with Gasteiger partial charge in [-0.25, -0.2) is 4.98 Å². The van der Waals surface area contributed by atoms with E-state index < -0.39 is 5.54 Å². The van der Waals surface area contributed by atoms with E-state index in [9.17, 15) is 0 Å². The Bertz CT molecular complexity index is 1290. The normalized spacial score (nSPS) is 13.7. The number of pyridine rings is 1. The Kier molecular flexibility index (Phi) is 5.29. The van der Waals surface area contributed by atoms with Gasteiger partial charge >= 0.3 is 0 Å². The minimum Gasteiger partial charge on any atom is -0.308 e. The number of aromatic nitrogens is 2. The van der Waals surface area contributed by atoms with Gasteiger partial charge in [0, 0.05) is 25.5 Å². The van der Waals surface area contributed by atoms with E-state index in [0.717, 1.165) is 18.9 Å². The lowest BCUT2D eigenvalue weighted by molar-refractivity contribution is 0.156. The summed E-state index contributed by atoms with van der Waals surface area (Å²) in [5.74, 6) is 0.842. The summed E-state index contributed by atoms with van der Waals surface area (Å²) in [5, 5.41) is 0.504. The fourth-order valence-electron chi connectivity index (χ4n) is 5.29. The molecule has 0 bridgehead atoms. The fraction of sp³-hybridized carbons (Fsp3) is 0.100. The van der Waals surface area contributed by atoms with Crippen molar-refractivity contribution in [2.45, 2.75) is 18.6 Å². The first-order valence-corrected chi connectivity index (χ1v) is 11.9. The molecule has 0 amide bonds. The molecule has 0 saturated carbocycles. The zero-order valence-electron chi connectivity index (χ0n) is 18.7. The van der Waals surface area contributed by atoms with Crippen LogP contribution in [0.15, 0.2) is 122 Å². The van der Waals surface area contributed by atoms with Crippen molar-refractivity contribution >= 4 is 11.6 Å². The predicted molar refractivity (Wildman–Crippen MR) is 137 cm³/mol. The van der Waals surface area contributed by atoms with Gasteiger partial charge in [-0.2, -0.15) is 0 Å². The summed E-state index contributed by atoms with van der Waals surface area (Å²) in [7, 11) is 0. The molecule has 3 nitrogen and oxygen atoms in total. The van der Waals surface area contributed by atoms with Crippen molar-refractivity contribution in [3.05, 3.63) is 155 Å². The second-order valence-electron chi connectivity index (χ2n) is 8.70. The topological polar surface area (TPSA) is 21.1 Å². The molecule has 0 unspecified atom stereocenters. The number of fused-ring (bicyclic) bond motifs is 1. The van der Waals surface area contributed by atoms with Crippen molar-refractivity contribution in [3.63, 3.8) is 0 Å². The molecule has 5 aromatic rings. The van der Waals surface area contributed by atoms with E-state index >= 15 is 0 Å². The predicted octanol–water partition coefficient (Wildman–Crippen LogP) is 6.83. The average molecular weight is 462 g/mol. The van der Waals surface area contributed by atoms with Crippen LogP contribution >= 0.6 is 11.6 Å². The Balaban J connectivity index is 1.49. The number of halogens is 1. The molecule has 0 spiro atoms. The van der Waals surface area contributed by atoms with Crippen LogP contribution in [-0.4, -0.2) is 14.5 Å². The lowest BCUT2D eigenvalue weighted by Gasteiger charge is -2.44. The van der Waals surface area contributed by atoms with Crippen LogP contribution in [0.2, 0.25) is 5.15 Å². The van der Waals surface area contributed by atoms with Crippen LogP contribution in [0.4, 0.5) is 0 Å². The van der Waals surface area contributed by atoms with Gasteiger partial charge in [0.15, 0.2) is 0 Å². The van der Waals surface area contributed by atoms with Crippen LogP contribution in [0.25, 0.3) is 5.82 Å². The number of hydrogen-bond acceptors (Lipinski definition) is 2. The molecule has 1 aliphatic rings. The van der Waals surface area contributed by atoms with E-state index in [1.807, 2.05) is 12.1 Å². The number of rotatable bonds is 5. The zero-order chi connectivity index (χ0) is 23.0. The Morgan fingerprint density at radius 3 is 1.50 bits per heavy atom. The van der Waals surface area contributed by atoms with Crippen LogP contribution in [0.3, 0.4) is 0 Å². The van der Waals surface area contributed by atoms with Gasteiger partial charge in [-0.05, 0) is 39.9 Å². The highest BCUT2D eigenvalue weighted by molar-refractivity contribution is 6.29. The van der Waals surface area contributed by atoms with Gasteiger partial charge in [0.1, 0.15) is 11.0 Å². The van der Waals surface area contributed by atoms with Crippen molar-refractivity contribution in [3.8, 4) is 5.82 Å². The molecule has 0 N–H and O–H groups in total. The van der Waals surface area contributed by atoms with Gasteiger partial charge in [0.25, 0.3) is 0 Å². The Morgan fingerprint density at radius 1 is 0.588 bits per heavy atom. The molecule has 0 atom stereocenters. The van der Waals surface area contributed by atoms with Gasteiger partial charge in [-0.15, -0.1) is 0 Å². The molecule has 0 radical (unpaired) electrons. The molecule has 3 aromatic carbocycles. The van der Waals surface area contributed by atoms with Crippen molar-refractivity contribution in [2.75, 3.05) is 0 Å². The molecule has 166 valence electrons. The standard InChI is InChI=1S/C30H24ClN3/c31-28-17-10-18-29(32-28)33-19-23-21-34(22-24(23)20-33)30(25-11-4-1-5-12-25,26-13-6-2-7-14-26)27-15-8-3-9-16-27/h1-20H,21-22H2. The highest BCUT2D eigenvalue weighted by atomic mass is 35.5. The first kappa shape index (κ1) is 20.9. The maximum atomic E-state index is 6.14. The first-order chi connectivity index (χ1) is 16.7. The summed E-state index contributed by atoms with van der Waals surface area (Å²) in [4.78, 5) is 7.07. The minimum absolute atomic E-state index is 0.408. The maximum absolute atomic E-state index is 6.14. The van der Waals surface area contributed by atoms with Crippen LogP contribution in [0.5, 0.6) is 0 Å². The monoisotopic (exact) mass is 461 g/mol. The Morgan fingerprint density at radius 2 is 1.06 bits per heavy atom. The van der Waals surface area contributed by atoms with Crippen molar-refractivity contribution in [1.29, 1.82) is 0 Å². The number of benzene rings is 3. The third-order valence-electron chi connectivity index (χ3n) is 6.74. The summed E-state index contributed by atoms with van der Waals surface area (Å²) < 4.78 is 2.09. The fourth-order valence-corrected chi connectivity index (χ4v) is 5.45. The largest absolute Gasteiger partial charge is 0.308 e. The molecule has 6 rings (SSSR count). The van der Waals surface area contributed by atoms with Gasteiger partial charge in [-0.3, -0.25) is 4.90 Å². The SMILES string of the molecule is Clc1cccc(-n2cc3c(c2)CN(C(c2ccccc2)(c2ccccc2)c2ccccc2)C3)n1. The maximum Gasteiger partial charge on any atom is 0.138 e. The lowest BCUT2D eigenvalue weighted by atomic mass is 9.75. The highest BCUT2D eigenvalue weighted by Crippen LogP contribution is 2.46. The third kappa shape index (κ3) is 3.45. The van der Waals surface area contributed by atoms with Gasteiger partial charge in [0.2, 0.25) is 0 Å². The van der Waals surface area contributed by atoms with Crippen molar-refractivity contribution in [2.24, 2.45) is 0 Å². The molecule has 2 aromatic heterocycles. The van der Waals surface area contributed by atoms with Crippen molar-refractivity contribution < 1.29 is 0 Å². The van der Waals surface area contributed by atoms with E-state index in [4.69, 9.17) is 11.6 Å². The van der Waals surface area contributed by atoms with Gasteiger partial charge in [-0.1, -0.05) is 109 Å². The smallest absolute Gasteiger partial charge is 0.138 e. The molecule has 34 heavy (non-hydrogen) atoms. The van der Waals surface area contributed by atoms with Gasteiger partial charge < -0.3 is 4.57 Å². The summed E-state index contributed by atoms with van der Waals surface area (Å²) in [6.07, 6.45) is 4.39. The molecular weight excluding hydrogens is 438 g/mol. The minimum atomic E-state index is -0.408. The lowest BCUT2D eigenvalue weighted by Crippen LogP contribution is -2.45. The quantitative estimate of drug-likeness (QED) is 0.211. The van der Waals surface area contributed by atoms with Crippen LogP contribution in [0, 0.1) is 0 Å². The van der Waals surface area contributed by atoms with E-state index in [2.05, 4.69) is 118 Å². The zero-order valence-corrected chi connectivity index (χ0v) is 19.4. The van der Waals surface area contributed by atoms with Crippen LogP contribution in [-0.2, 0) is 18.6 Å². The summed E-state index contributed by atoms with van der Waals surface area (Å²) >= 11 is 6.14. The Hall–Kier alpha value is -3.66.